The van der Waals surface area contributed by atoms with Gasteiger partial charge in [0.15, 0.2) is 0 Å². The lowest BCUT2D eigenvalue weighted by molar-refractivity contribution is -0.155. The van der Waals surface area contributed by atoms with Crippen LogP contribution in [0.5, 0.6) is 0 Å². The number of ether oxygens (including phenoxy) is 1. The van der Waals surface area contributed by atoms with Gasteiger partial charge in [0.2, 0.25) is 0 Å². The number of amides is 2. The number of hydrogen-bond donors (Lipinski definition) is 3. The Balaban J connectivity index is 2.57. The first-order chi connectivity index (χ1) is 8.45. The predicted molar refractivity (Wildman–Crippen MR) is 67.8 cm³/mol. The minimum absolute atomic E-state index is 0.0118. The second-order valence-electron chi connectivity index (χ2n) is 4.09. The van der Waals surface area contributed by atoms with Crippen LogP contribution in [0.25, 0.3) is 0 Å². The molecule has 8 heteroatoms. The molecular formula is C10H17N3O4S. The van der Waals surface area contributed by atoms with Gasteiger partial charge in [-0.1, -0.05) is 12.2 Å². The fraction of sp³-hybridized carbons (Fsp3) is 0.700. The molecule has 1 aliphatic rings. The van der Waals surface area contributed by atoms with Gasteiger partial charge in [-0.2, -0.15) is 0 Å². The SMILES string of the molecule is CC1COC(CO)CN1C(=O)C(=O)NCC(N)=S. The summed E-state index contributed by atoms with van der Waals surface area (Å²) in [4.78, 5) is 24.9. The molecule has 2 amide bonds. The average molecular weight is 275 g/mol. The molecule has 4 N–H and O–H groups in total. The van der Waals surface area contributed by atoms with Gasteiger partial charge in [-0.05, 0) is 6.92 Å². The third-order valence-electron chi connectivity index (χ3n) is 2.59. The van der Waals surface area contributed by atoms with Gasteiger partial charge in [0.25, 0.3) is 0 Å². The lowest BCUT2D eigenvalue weighted by atomic mass is 10.2. The molecule has 0 radical (unpaired) electrons. The summed E-state index contributed by atoms with van der Waals surface area (Å²) in [5.41, 5.74) is 5.23. The molecule has 0 aromatic rings. The van der Waals surface area contributed by atoms with E-state index in [0.29, 0.717) is 6.61 Å². The maximum Gasteiger partial charge on any atom is 0.312 e. The summed E-state index contributed by atoms with van der Waals surface area (Å²) in [7, 11) is 0. The Bertz CT molecular complexity index is 350. The van der Waals surface area contributed by atoms with Crippen molar-refractivity contribution in [3.8, 4) is 0 Å². The van der Waals surface area contributed by atoms with E-state index in [-0.39, 0.29) is 30.7 Å². The van der Waals surface area contributed by atoms with Gasteiger partial charge in [0.05, 0.1) is 36.9 Å². The number of nitrogens with two attached hydrogens (primary N) is 1. The highest BCUT2D eigenvalue weighted by atomic mass is 32.1. The van der Waals surface area contributed by atoms with Crippen molar-refractivity contribution in [1.29, 1.82) is 0 Å². The molecule has 1 saturated heterocycles. The Morgan fingerprint density at radius 1 is 1.61 bits per heavy atom. The molecule has 2 unspecified atom stereocenters. The molecule has 1 aliphatic heterocycles. The molecule has 0 bridgehead atoms. The van der Waals surface area contributed by atoms with Crippen molar-refractivity contribution >= 4 is 29.0 Å². The van der Waals surface area contributed by atoms with Crippen LogP contribution in [-0.2, 0) is 14.3 Å². The number of morpholine rings is 1. The van der Waals surface area contributed by atoms with Crippen LogP contribution in [0.3, 0.4) is 0 Å². The van der Waals surface area contributed by atoms with E-state index in [1.807, 2.05) is 0 Å². The highest BCUT2D eigenvalue weighted by molar-refractivity contribution is 7.80. The molecule has 0 saturated carbocycles. The minimum atomic E-state index is -0.756. The number of nitrogens with zero attached hydrogens (tertiary/aromatic N) is 1. The zero-order valence-corrected chi connectivity index (χ0v) is 10.9. The van der Waals surface area contributed by atoms with Crippen LogP contribution in [0.1, 0.15) is 6.92 Å². The van der Waals surface area contributed by atoms with Crippen molar-refractivity contribution in [3.63, 3.8) is 0 Å². The smallest absolute Gasteiger partial charge is 0.312 e. The van der Waals surface area contributed by atoms with Gasteiger partial charge in [0, 0.05) is 6.54 Å². The largest absolute Gasteiger partial charge is 0.394 e. The number of carbonyl (C=O) groups is 2. The molecule has 2 atom stereocenters. The van der Waals surface area contributed by atoms with E-state index in [9.17, 15) is 9.59 Å². The van der Waals surface area contributed by atoms with E-state index < -0.39 is 17.9 Å². The zero-order valence-electron chi connectivity index (χ0n) is 10.1. The molecule has 18 heavy (non-hydrogen) atoms. The fourth-order valence-electron chi connectivity index (χ4n) is 1.58. The quantitative estimate of drug-likeness (QED) is 0.406. The number of thiocarbonyl (C=S) groups is 1. The Kier molecular flexibility index (Phi) is 5.45. The van der Waals surface area contributed by atoms with E-state index in [1.54, 1.807) is 6.92 Å². The molecule has 1 heterocycles. The normalized spacial score (nSPS) is 23.6. The van der Waals surface area contributed by atoms with Crippen LogP contribution >= 0.6 is 12.2 Å². The molecule has 102 valence electrons. The first kappa shape index (κ1) is 14.8. The van der Waals surface area contributed by atoms with Crippen LogP contribution < -0.4 is 11.1 Å². The van der Waals surface area contributed by atoms with Gasteiger partial charge >= 0.3 is 11.8 Å². The van der Waals surface area contributed by atoms with Crippen LogP contribution in [0.15, 0.2) is 0 Å². The van der Waals surface area contributed by atoms with Crippen LogP contribution in [0.4, 0.5) is 0 Å². The van der Waals surface area contributed by atoms with Crippen LogP contribution in [0, 0.1) is 0 Å². The molecule has 1 rings (SSSR count). The average Bonchev–Trinajstić information content (AvgIpc) is 2.35. The lowest BCUT2D eigenvalue weighted by Gasteiger charge is -2.36. The maximum atomic E-state index is 11.9. The standard InChI is InChI=1S/C10H17N3O4S/c1-6-5-17-7(4-14)3-13(6)10(16)9(15)12-2-8(11)18/h6-7,14H,2-5H2,1H3,(H2,11,18)(H,12,15). The van der Waals surface area contributed by atoms with E-state index in [2.05, 4.69) is 17.5 Å². The van der Waals surface area contributed by atoms with Crippen molar-refractivity contribution in [2.45, 2.75) is 19.1 Å². The number of carbonyl (C=O) groups excluding carboxylic acids is 2. The van der Waals surface area contributed by atoms with Gasteiger partial charge in [-0.15, -0.1) is 0 Å². The first-order valence-electron chi connectivity index (χ1n) is 5.55. The monoisotopic (exact) mass is 275 g/mol. The summed E-state index contributed by atoms with van der Waals surface area (Å²) in [6, 6.07) is -0.212. The molecule has 7 nitrogen and oxygen atoms in total. The number of aliphatic hydroxyl groups is 1. The minimum Gasteiger partial charge on any atom is -0.394 e. The molecule has 0 aliphatic carbocycles. The molecule has 0 spiro atoms. The van der Waals surface area contributed by atoms with E-state index in [1.165, 1.54) is 4.90 Å². The van der Waals surface area contributed by atoms with E-state index in [0.717, 1.165) is 0 Å². The summed E-state index contributed by atoms with van der Waals surface area (Å²) in [5.74, 6) is -1.42. The van der Waals surface area contributed by atoms with E-state index in [4.69, 9.17) is 15.6 Å². The van der Waals surface area contributed by atoms with Gasteiger partial charge in [-0.25, -0.2) is 0 Å². The van der Waals surface area contributed by atoms with E-state index >= 15 is 0 Å². The first-order valence-corrected chi connectivity index (χ1v) is 5.96. The molecular weight excluding hydrogens is 258 g/mol. The topological polar surface area (TPSA) is 105 Å². The van der Waals surface area contributed by atoms with Crippen molar-refractivity contribution in [3.05, 3.63) is 0 Å². The summed E-state index contributed by atoms with van der Waals surface area (Å²) >= 11 is 4.60. The Morgan fingerprint density at radius 3 is 2.83 bits per heavy atom. The zero-order chi connectivity index (χ0) is 13.7. The Hall–Kier alpha value is -1.25. The Morgan fingerprint density at radius 2 is 2.28 bits per heavy atom. The molecule has 0 aromatic heterocycles. The molecule has 1 fully saturated rings. The summed E-state index contributed by atoms with van der Waals surface area (Å²) in [6.07, 6.45) is -0.450. The second kappa shape index (κ2) is 6.62. The van der Waals surface area contributed by atoms with Crippen LogP contribution in [0.2, 0.25) is 0 Å². The Labute approximate surface area is 110 Å². The van der Waals surface area contributed by atoms with Gasteiger partial charge in [0.1, 0.15) is 0 Å². The van der Waals surface area contributed by atoms with Gasteiger partial charge in [-0.3, -0.25) is 9.59 Å². The number of hydrogen-bond acceptors (Lipinski definition) is 5. The third-order valence-corrected chi connectivity index (χ3v) is 2.73. The predicted octanol–water partition coefficient (Wildman–Crippen LogP) is -2.00. The maximum absolute atomic E-state index is 11.9. The number of nitrogens with one attached hydrogen (secondary N) is 1. The van der Waals surface area contributed by atoms with Crippen molar-refractivity contribution in [2.24, 2.45) is 5.73 Å². The fourth-order valence-corrected chi connectivity index (χ4v) is 1.66. The second-order valence-corrected chi connectivity index (χ2v) is 4.62. The van der Waals surface area contributed by atoms with Crippen LogP contribution in [-0.4, -0.2) is 65.3 Å². The third kappa shape index (κ3) is 3.90. The number of aliphatic hydroxyl groups excluding tert-OH is 1. The van der Waals surface area contributed by atoms with Crippen molar-refractivity contribution in [1.82, 2.24) is 10.2 Å². The highest BCUT2D eigenvalue weighted by Crippen LogP contribution is 2.11. The number of rotatable bonds is 3. The van der Waals surface area contributed by atoms with Gasteiger partial charge < -0.3 is 25.8 Å². The lowest BCUT2D eigenvalue weighted by Crippen LogP contribution is -2.56. The summed E-state index contributed by atoms with van der Waals surface area (Å²) in [5, 5.41) is 11.3. The molecule has 0 aromatic carbocycles. The van der Waals surface area contributed by atoms with Crippen molar-refractivity contribution in [2.75, 3.05) is 26.3 Å². The summed E-state index contributed by atoms with van der Waals surface area (Å²) < 4.78 is 5.28. The summed E-state index contributed by atoms with van der Waals surface area (Å²) in [6.45, 7) is 2.05. The highest BCUT2D eigenvalue weighted by Gasteiger charge is 2.32. The van der Waals surface area contributed by atoms with Crippen molar-refractivity contribution < 1.29 is 19.4 Å².